The molecule has 0 unspecified atom stereocenters. The van der Waals surface area contributed by atoms with Gasteiger partial charge < -0.3 is 4.74 Å². The van der Waals surface area contributed by atoms with Crippen molar-refractivity contribution in [2.75, 3.05) is 0 Å². The highest BCUT2D eigenvalue weighted by Crippen LogP contribution is 2.26. The van der Waals surface area contributed by atoms with E-state index in [0.29, 0.717) is 17.1 Å². The summed E-state index contributed by atoms with van der Waals surface area (Å²) in [5.41, 5.74) is 0.329. The van der Waals surface area contributed by atoms with Crippen molar-refractivity contribution in [2.24, 2.45) is 0 Å². The number of nitrogens with one attached hydrogen (secondary N) is 1. The third-order valence-electron chi connectivity index (χ3n) is 3.06. The van der Waals surface area contributed by atoms with Gasteiger partial charge in [0.2, 0.25) is 0 Å². The lowest BCUT2D eigenvalue weighted by Crippen LogP contribution is -1.97. The van der Waals surface area contributed by atoms with Crippen molar-refractivity contribution in [1.29, 1.82) is 0 Å². The fourth-order valence-corrected chi connectivity index (χ4v) is 2.25. The Hall–Kier alpha value is -2.74. The molecule has 0 aliphatic heterocycles. The fourth-order valence-electron chi connectivity index (χ4n) is 1.98. The van der Waals surface area contributed by atoms with Crippen molar-refractivity contribution < 1.29 is 9.66 Å². The highest BCUT2D eigenvalue weighted by molar-refractivity contribution is 9.10. The number of hydrogen-bond donors (Lipinski definition) is 1. The molecule has 0 bridgehead atoms. The number of nitro groups is 1. The molecule has 116 valence electrons. The third-order valence-corrected chi connectivity index (χ3v) is 3.59. The monoisotopic (exact) mass is 374 g/mol. The molecule has 1 heterocycles. The van der Waals surface area contributed by atoms with Crippen LogP contribution < -0.4 is 4.74 Å². The predicted molar refractivity (Wildman–Crippen MR) is 86.9 cm³/mol. The number of para-hydroxylation sites is 1. The summed E-state index contributed by atoms with van der Waals surface area (Å²) in [7, 11) is 0. The van der Waals surface area contributed by atoms with Crippen molar-refractivity contribution in [2.45, 2.75) is 6.61 Å². The van der Waals surface area contributed by atoms with E-state index in [1.807, 2.05) is 24.3 Å². The zero-order valence-electron chi connectivity index (χ0n) is 11.8. The Bertz CT molecular complexity index is 833. The zero-order valence-corrected chi connectivity index (χ0v) is 13.4. The average Bonchev–Trinajstić information content (AvgIpc) is 3.03. The van der Waals surface area contributed by atoms with Crippen molar-refractivity contribution in [1.82, 2.24) is 15.2 Å². The van der Waals surface area contributed by atoms with Crippen LogP contribution in [0.4, 0.5) is 5.69 Å². The molecule has 0 atom stereocenters. The van der Waals surface area contributed by atoms with E-state index < -0.39 is 4.92 Å². The Morgan fingerprint density at radius 2 is 1.91 bits per heavy atom. The second-order valence-electron chi connectivity index (χ2n) is 4.62. The topological polar surface area (TPSA) is 93.9 Å². The van der Waals surface area contributed by atoms with Gasteiger partial charge in [-0.2, -0.15) is 5.10 Å². The summed E-state index contributed by atoms with van der Waals surface area (Å²) in [6.07, 6.45) is 0. The van der Waals surface area contributed by atoms with E-state index >= 15 is 0 Å². The van der Waals surface area contributed by atoms with E-state index in [1.165, 1.54) is 6.07 Å². The van der Waals surface area contributed by atoms with E-state index in [-0.39, 0.29) is 18.1 Å². The van der Waals surface area contributed by atoms with Crippen LogP contribution in [0.25, 0.3) is 11.4 Å². The Kier molecular flexibility index (Phi) is 4.33. The molecule has 0 spiro atoms. The lowest BCUT2D eigenvalue weighted by Gasteiger charge is -2.03. The summed E-state index contributed by atoms with van der Waals surface area (Å²) >= 11 is 3.35. The van der Waals surface area contributed by atoms with E-state index in [2.05, 4.69) is 31.1 Å². The minimum atomic E-state index is -0.455. The molecule has 0 aliphatic carbocycles. The van der Waals surface area contributed by atoms with Crippen LogP contribution in [0, 0.1) is 10.1 Å². The minimum Gasteiger partial charge on any atom is -0.486 e. The second-order valence-corrected chi connectivity index (χ2v) is 5.54. The number of benzene rings is 2. The van der Waals surface area contributed by atoms with Gasteiger partial charge >= 0.3 is 0 Å². The number of halogens is 1. The summed E-state index contributed by atoms with van der Waals surface area (Å²) in [6.45, 7) is 0.190. The molecule has 1 N–H and O–H groups in total. The van der Waals surface area contributed by atoms with E-state index in [9.17, 15) is 10.1 Å². The van der Waals surface area contributed by atoms with Gasteiger partial charge in [0.1, 0.15) is 12.4 Å². The van der Waals surface area contributed by atoms with Crippen LogP contribution in [0.5, 0.6) is 5.75 Å². The van der Waals surface area contributed by atoms with Crippen molar-refractivity contribution in [3.05, 3.63) is 68.9 Å². The molecular formula is C15H11BrN4O3. The SMILES string of the molecule is O=[N+]([O-])c1ccccc1-c1n[nH]c(COc2ccc(Br)cc2)n1. The molecule has 23 heavy (non-hydrogen) atoms. The van der Waals surface area contributed by atoms with Crippen LogP contribution in [0.15, 0.2) is 53.0 Å². The van der Waals surface area contributed by atoms with Gasteiger partial charge in [0.25, 0.3) is 5.69 Å². The molecule has 3 rings (SSSR count). The number of H-pyrrole nitrogens is 1. The number of nitro benzene ring substituents is 1. The van der Waals surface area contributed by atoms with E-state index in [0.717, 1.165) is 4.47 Å². The fraction of sp³-hybridized carbons (Fsp3) is 0.0667. The predicted octanol–water partition coefficient (Wildman–Crippen LogP) is 3.72. The molecule has 0 saturated carbocycles. The summed E-state index contributed by atoms with van der Waals surface area (Å²) in [4.78, 5) is 14.8. The number of ether oxygens (including phenoxy) is 1. The summed E-state index contributed by atoms with van der Waals surface area (Å²) in [5, 5.41) is 17.8. The zero-order chi connectivity index (χ0) is 16.2. The van der Waals surface area contributed by atoms with Crippen LogP contribution in [0.2, 0.25) is 0 Å². The molecule has 1 aromatic heterocycles. The standard InChI is InChI=1S/C15H11BrN4O3/c16-10-5-7-11(8-6-10)23-9-14-17-15(19-18-14)12-3-1-2-4-13(12)20(21)22/h1-8H,9H2,(H,17,18,19). The van der Waals surface area contributed by atoms with Gasteiger partial charge in [0, 0.05) is 10.5 Å². The first kappa shape index (κ1) is 15.2. The number of aromatic nitrogens is 3. The molecule has 0 saturated heterocycles. The Morgan fingerprint density at radius 3 is 2.65 bits per heavy atom. The smallest absolute Gasteiger partial charge is 0.280 e. The maximum Gasteiger partial charge on any atom is 0.280 e. The molecular weight excluding hydrogens is 364 g/mol. The van der Waals surface area contributed by atoms with Gasteiger partial charge in [-0.25, -0.2) is 4.98 Å². The second kappa shape index (κ2) is 6.57. The first-order valence-corrected chi connectivity index (χ1v) is 7.46. The van der Waals surface area contributed by atoms with Crippen LogP contribution >= 0.6 is 15.9 Å². The van der Waals surface area contributed by atoms with Gasteiger partial charge in [-0.1, -0.05) is 28.1 Å². The van der Waals surface area contributed by atoms with Gasteiger partial charge in [0.05, 0.1) is 10.5 Å². The van der Waals surface area contributed by atoms with Crippen LogP contribution in [-0.2, 0) is 6.61 Å². The van der Waals surface area contributed by atoms with Crippen molar-refractivity contribution in [3.8, 4) is 17.1 Å². The Labute approximate surface area is 139 Å². The van der Waals surface area contributed by atoms with Crippen LogP contribution in [-0.4, -0.2) is 20.1 Å². The molecule has 0 fully saturated rings. The Morgan fingerprint density at radius 1 is 1.17 bits per heavy atom. The highest BCUT2D eigenvalue weighted by Gasteiger charge is 2.18. The lowest BCUT2D eigenvalue weighted by molar-refractivity contribution is -0.384. The molecule has 8 heteroatoms. The van der Waals surface area contributed by atoms with Gasteiger partial charge in [-0.15, -0.1) is 0 Å². The van der Waals surface area contributed by atoms with Gasteiger partial charge in [-0.05, 0) is 30.3 Å². The number of hydrogen-bond acceptors (Lipinski definition) is 5. The molecule has 0 aliphatic rings. The van der Waals surface area contributed by atoms with Crippen LogP contribution in [0.1, 0.15) is 5.82 Å². The third kappa shape index (κ3) is 3.54. The van der Waals surface area contributed by atoms with Gasteiger partial charge in [0.15, 0.2) is 11.6 Å². The normalized spacial score (nSPS) is 10.5. The molecule has 0 radical (unpaired) electrons. The summed E-state index contributed by atoms with van der Waals surface area (Å²) < 4.78 is 6.55. The quantitative estimate of drug-likeness (QED) is 0.542. The largest absolute Gasteiger partial charge is 0.486 e. The highest BCUT2D eigenvalue weighted by atomic mass is 79.9. The molecule has 0 amide bonds. The first-order valence-electron chi connectivity index (χ1n) is 6.67. The molecule has 7 nitrogen and oxygen atoms in total. The minimum absolute atomic E-state index is 0.0353. The van der Waals surface area contributed by atoms with Gasteiger partial charge in [-0.3, -0.25) is 15.2 Å². The van der Waals surface area contributed by atoms with Crippen molar-refractivity contribution >= 4 is 21.6 Å². The Balaban J connectivity index is 1.76. The summed E-state index contributed by atoms with van der Waals surface area (Å²) in [6, 6.07) is 13.7. The first-order chi connectivity index (χ1) is 11.1. The van der Waals surface area contributed by atoms with E-state index in [1.54, 1.807) is 18.2 Å². The molecule has 2 aromatic carbocycles. The number of nitrogens with zero attached hydrogens (tertiary/aromatic N) is 3. The number of aromatic amines is 1. The van der Waals surface area contributed by atoms with Crippen LogP contribution in [0.3, 0.4) is 0 Å². The summed E-state index contributed by atoms with van der Waals surface area (Å²) in [5.74, 6) is 1.45. The maximum atomic E-state index is 11.1. The van der Waals surface area contributed by atoms with E-state index in [4.69, 9.17) is 4.74 Å². The average molecular weight is 375 g/mol. The lowest BCUT2D eigenvalue weighted by atomic mass is 10.2. The maximum absolute atomic E-state index is 11.1. The molecule has 3 aromatic rings. The van der Waals surface area contributed by atoms with Crippen molar-refractivity contribution in [3.63, 3.8) is 0 Å². The number of rotatable bonds is 5.